The van der Waals surface area contributed by atoms with Crippen LogP contribution in [0, 0.1) is 19.7 Å². The maximum Gasteiger partial charge on any atom is 0.258 e. The fourth-order valence-corrected chi connectivity index (χ4v) is 2.98. The normalized spacial score (nSPS) is 10.9. The molecule has 3 aromatic rings. The Kier molecular flexibility index (Phi) is 5.51. The maximum absolute atomic E-state index is 13.2. The molecule has 0 spiro atoms. The van der Waals surface area contributed by atoms with Crippen LogP contribution in [0.5, 0.6) is 0 Å². The summed E-state index contributed by atoms with van der Waals surface area (Å²) < 4.78 is 18.5. The van der Waals surface area contributed by atoms with E-state index >= 15 is 0 Å². The smallest absolute Gasteiger partial charge is 0.258 e. The molecule has 3 rings (SSSR count). The molecule has 0 aliphatic heterocycles. The Hall–Kier alpha value is -2.80. The molecule has 2 aromatic heterocycles. The fourth-order valence-electron chi connectivity index (χ4n) is 2.73. The molecule has 1 amide bonds. The van der Waals surface area contributed by atoms with Crippen LogP contribution in [0.3, 0.4) is 0 Å². The topological polar surface area (TPSA) is 80.9 Å². The Labute approximate surface area is 160 Å². The highest BCUT2D eigenvalue weighted by atomic mass is 35.5. The van der Waals surface area contributed by atoms with Gasteiger partial charge in [-0.05, 0) is 50.1 Å². The molecule has 6 nitrogen and oxygen atoms in total. The van der Waals surface area contributed by atoms with E-state index in [0.717, 1.165) is 18.1 Å². The van der Waals surface area contributed by atoms with Gasteiger partial charge in [0.15, 0.2) is 0 Å². The molecule has 0 saturated heterocycles. The molecule has 140 valence electrons. The van der Waals surface area contributed by atoms with Crippen LogP contribution in [-0.2, 0) is 6.42 Å². The second-order valence-corrected chi connectivity index (χ2v) is 6.55. The molecule has 0 fully saturated rings. The van der Waals surface area contributed by atoms with Crippen molar-refractivity contribution < 1.29 is 13.7 Å². The average Bonchev–Trinajstić information content (AvgIpc) is 3.02. The van der Waals surface area contributed by atoms with E-state index in [-0.39, 0.29) is 10.6 Å². The van der Waals surface area contributed by atoms with Gasteiger partial charge in [-0.25, -0.2) is 9.37 Å². The third-order valence-corrected chi connectivity index (χ3v) is 4.22. The summed E-state index contributed by atoms with van der Waals surface area (Å²) in [5.41, 5.74) is 2.27. The van der Waals surface area contributed by atoms with Crippen molar-refractivity contribution in [2.45, 2.75) is 33.6 Å². The summed E-state index contributed by atoms with van der Waals surface area (Å²) in [5, 5.41) is 6.76. The first kappa shape index (κ1) is 19.0. The second kappa shape index (κ2) is 7.84. The molecule has 1 aromatic carbocycles. The summed E-state index contributed by atoms with van der Waals surface area (Å²) >= 11 is 5.99. The lowest BCUT2D eigenvalue weighted by Crippen LogP contribution is -2.15. The predicted molar refractivity (Wildman–Crippen MR) is 100 cm³/mol. The first-order valence-electron chi connectivity index (χ1n) is 8.46. The van der Waals surface area contributed by atoms with Crippen LogP contribution in [0.2, 0.25) is 5.02 Å². The summed E-state index contributed by atoms with van der Waals surface area (Å²) in [6, 6.07) is 5.45. The van der Waals surface area contributed by atoms with E-state index in [1.54, 1.807) is 0 Å². The molecule has 0 unspecified atom stereocenters. The van der Waals surface area contributed by atoms with Gasteiger partial charge in [0.1, 0.15) is 11.6 Å². The number of nitrogens with zero attached hydrogens (tertiary/aromatic N) is 3. The van der Waals surface area contributed by atoms with Gasteiger partial charge in [-0.1, -0.05) is 23.7 Å². The van der Waals surface area contributed by atoms with Gasteiger partial charge in [0.05, 0.1) is 16.1 Å². The zero-order chi connectivity index (χ0) is 19.6. The van der Waals surface area contributed by atoms with Gasteiger partial charge in [-0.15, -0.1) is 0 Å². The highest BCUT2D eigenvalue weighted by molar-refractivity contribution is 6.34. The van der Waals surface area contributed by atoms with Gasteiger partial charge in [-0.3, -0.25) is 4.79 Å². The van der Waals surface area contributed by atoms with Crippen molar-refractivity contribution >= 4 is 23.3 Å². The number of aryl methyl sites for hydroxylation is 3. The minimum Gasteiger partial charge on any atom is -0.339 e. The lowest BCUT2D eigenvalue weighted by molar-refractivity contribution is 0.102. The van der Waals surface area contributed by atoms with Gasteiger partial charge >= 0.3 is 0 Å². The largest absolute Gasteiger partial charge is 0.339 e. The summed E-state index contributed by atoms with van der Waals surface area (Å²) in [4.78, 5) is 21.4. The number of hydrogen-bond donors (Lipinski definition) is 1. The van der Waals surface area contributed by atoms with E-state index in [4.69, 9.17) is 16.1 Å². The SMILES string of the molecule is CCCc1nc(-c2c(C)cc(C)nc2NC(=O)c2ccc(F)cc2Cl)no1. The quantitative estimate of drug-likeness (QED) is 0.682. The third-order valence-electron chi connectivity index (χ3n) is 3.91. The van der Waals surface area contributed by atoms with Crippen molar-refractivity contribution in [3.63, 3.8) is 0 Å². The summed E-state index contributed by atoms with van der Waals surface area (Å²) in [5.74, 6) is 0.144. The Morgan fingerprint density at radius 3 is 2.74 bits per heavy atom. The maximum atomic E-state index is 13.2. The van der Waals surface area contributed by atoms with E-state index in [0.29, 0.717) is 35.2 Å². The van der Waals surface area contributed by atoms with Crippen molar-refractivity contribution in [2.75, 3.05) is 5.32 Å². The van der Waals surface area contributed by atoms with Crippen molar-refractivity contribution in [1.29, 1.82) is 0 Å². The van der Waals surface area contributed by atoms with E-state index < -0.39 is 11.7 Å². The summed E-state index contributed by atoms with van der Waals surface area (Å²) in [7, 11) is 0. The fraction of sp³-hybridized carbons (Fsp3) is 0.263. The van der Waals surface area contributed by atoms with Crippen LogP contribution >= 0.6 is 11.6 Å². The molecule has 0 aliphatic rings. The van der Waals surface area contributed by atoms with Gasteiger partial charge in [-0.2, -0.15) is 4.98 Å². The first-order chi connectivity index (χ1) is 12.9. The Morgan fingerprint density at radius 2 is 2.04 bits per heavy atom. The number of hydrogen-bond acceptors (Lipinski definition) is 5. The molecule has 0 radical (unpaired) electrons. The molecule has 1 N–H and O–H groups in total. The number of carbonyl (C=O) groups excluding carboxylic acids is 1. The Morgan fingerprint density at radius 1 is 1.26 bits per heavy atom. The van der Waals surface area contributed by atoms with E-state index in [9.17, 15) is 9.18 Å². The van der Waals surface area contributed by atoms with Gasteiger partial charge in [0.2, 0.25) is 11.7 Å². The lowest BCUT2D eigenvalue weighted by atomic mass is 10.1. The number of halogens is 2. The Bertz CT molecular complexity index is 1000. The van der Waals surface area contributed by atoms with Crippen molar-refractivity contribution in [3.8, 4) is 11.4 Å². The number of nitrogens with one attached hydrogen (secondary N) is 1. The molecule has 0 atom stereocenters. The molecule has 0 saturated carbocycles. The van der Waals surface area contributed by atoms with Crippen LogP contribution in [0.1, 0.15) is 40.9 Å². The number of carbonyl (C=O) groups is 1. The van der Waals surface area contributed by atoms with Crippen LogP contribution in [0.15, 0.2) is 28.8 Å². The number of amides is 1. The van der Waals surface area contributed by atoms with Gasteiger partial charge < -0.3 is 9.84 Å². The van der Waals surface area contributed by atoms with Crippen LogP contribution in [0.25, 0.3) is 11.4 Å². The van der Waals surface area contributed by atoms with E-state index in [1.165, 1.54) is 12.1 Å². The highest BCUT2D eigenvalue weighted by Crippen LogP contribution is 2.29. The molecule has 0 aliphatic carbocycles. The predicted octanol–water partition coefficient (Wildman–Crippen LogP) is 4.75. The minimum atomic E-state index is -0.517. The number of rotatable bonds is 5. The number of aromatic nitrogens is 3. The summed E-state index contributed by atoms with van der Waals surface area (Å²) in [6.07, 6.45) is 1.54. The third kappa shape index (κ3) is 4.14. The van der Waals surface area contributed by atoms with Crippen LogP contribution in [0.4, 0.5) is 10.2 Å². The minimum absolute atomic E-state index is 0.0169. The molecule has 27 heavy (non-hydrogen) atoms. The van der Waals surface area contributed by atoms with Crippen LogP contribution < -0.4 is 5.32 Å². The van der Waals surface area contributed by atoms with Crippen molar-refractivity contribution in [3.05, 3.63) is 57.8 Å². The highest BCUT2D eigenvalue weighted by Gasteiger charge is 2.20. The standard InChI is InChI=1S/C19H18ClFN4O2/c1-4-5-15-23-18(25-27-15)16-10(2)8-11(3)22-17(16)24-19(26)13-7-6-12(21)9-14(13)20/h6-9H,4-5H2,1-3H3,(H,22,24,26). The molecule has 0 bridgehead atoms. The van der Waals surface area contributed by atoms with E-state index in [1.807, 2.05) is 26.8 Å². The molecular weight excluding hydrogens is 371 g/mol. The van der Waals surface area contributed by atoms with Crippen molar-refractivity contribution in [2.24, 2.45) is 0 Å². The number of pyridine rings is 1. The van der Waals surface area contributed by atoms with E-state index in [2.05, 4.69) is 20.4 Å². The zero-order valence-electron chi connectivity index (χ0n) is 15.1. The van der Waals surface area contributed by atoms with Gasteiger partial charge in [0, 0.05) is 12.1 Å². The molecular formula is C19H18ClFN4O2. The number of benzene rings is 1. The van der Waals surface area contributed by atoms with Crippen molar-refractivity contribution in [1.82, 2.24) is 15.1 Å². The molecule has 2 heterocycles. The second-order valence-electron chi connectivity index (χ2n) is 6.14. The van der Waals surface area contributed by atoms with Crippen LogP contribution in [-0.4, -0.2) is 21.0 Å². The monoisotopic (exact) mass is 388 g/mol. The lowest BCUT2D eigenvalue weighted by Gasteiger charge is -2.12. The number of anilines is 1. The summed E-state index contributed by atoms with van der Waals surface area (Å²) in [6.45, 7) is 5.71. The average molecular weight is 389 g/mol. The van der Waals surface area contributed by atoms with Gasteiger partial charge in [0.25, 0.3) is 5.91 Å². The molecule has 8 heteroatoms. The first-order valence-corrected chi connectivity index (χ1v) is 8.84. The Balaban J connectivity index is 2.00. The zero-order valence-corrected chi connectivity index (χ0v) is 15.9.